The van der Waals surface area contributed by atoms with E-state index in [1.165, 1.54) is 97.1 Å². The molecule has 0 bridgehead atoms. The molecular formula is C68H54O19. The summed E-state index contributed by atoms with van der Waals surface area (Å²) in [6.45, 7) is -1.58. The highest BCUT2D eigenvalue weighted by Gasteiger charge is 2.59. The second-order valence-corrected chi connectivity index (χ2v) is 19.6. The largest absolute Gasteiger partial charge is 0.459 e. The van der Waals surface area contributed by atoms with Crippen molar-refractivity contribution in [2.45, 2.75) is 61.4 Å². The van der Waals surface area contributed by atoms with Crippen LogP contribution in [0, 0.1) is 0 Å². The highest BCUT2D eigenvalue weighted by atomic mass is 16.8. The highest BCUT2D eigenvalue weighted by molar-refractivity contribution is 5.93. The van der Waals surface area contributed by atoms with Crippen LogP contribution in [0.25, 0.3) is 0 Å². The average molecular weight is 1180 g/mol. The SMILES string of the molecule is O=C(OC[C@H]1O[C@@H](O[C@H]2[C@H](OC(=O)c3ccccc3)[C@H](OC(=O)c3ccccc3)[C@@H](OC(=O)c3ccccc3)O[C@@H]2COC(=O)c2ccccc2)[C@H](OC(=O)c2ccccc2)[C@H](OC(=O)c2ccccc2)[C@H]1OC(=O)c1ccccc1)c1ccccc1. The summed E-state index contributed by atoms with van der Waals surface area (Å²) in [4.78, 5) is 115. The van der Waals surface area contributed by atoms with Gasteiger partial charge in [-0.05, 0) is 97.1 Å². The first-order valence-corrected chi connectivity index (χ1v) is 27.4. The van der Waals surface area contributed by atoms with Gasteiger partial charge in [-0.15, -0.1) is 0 Å². The molecule has 87 heavy (non-hydrogen) atoms. The number of hydrogen-bond acceptors (Lipinski definition) is 19. The van der Waals surface area contributed by atoms with E-state index in [1.54, 1.807) is 146 Å². The van der Waals surface area contributed by atoms with Crippen LogP contribution in [0.3, 0.4) is 0 Å². The van der Waals surface area contributed by atoms with E-state index in [1.807, 2.05) is 0 Å². The van der Waals surface area contributed by atoms with Gasteiger partial charge in [0.1, 0.15) is 31.5 Å². The standard InChI is InChI=1S/C68H54O19/c69-59(43-25-9-1-10-26-43)77-41-51-53(81-61(71)45-29-13-3-14-30-45)55(82-62(72)46-31-15-4-16-32-46)57(84-64(74)48-35-19-6-20-36-48)67(79-51)86-54-52(42-78-60(70)44-27-11-2-12-28-44)80-68(87-66(76)50-39-23-8-24-40-50)58(85-65(75)49-37-21-7-22-38-49)56(54)83-63(73)47-33-17-5-18-34-47/h1-40,51-58,67-68H,41-42H2/t51-,52-,53+,54-,55-,56+,57-,58+,67+,68-/m1/s1. The van der Waals surface area contributed by atoms with Crippen molar-refractivity contribution in [2.75, 3.05) is 13.2 Å². The van der Waals surface area contributed by atoms with Crippen molar-refractivity contribution >= 4 is 47.8 Å². The van der Waals surface area contributed by atoms with E-state index in [9.17, 15) is 38.4 Å². The van der Waals surface area contributed by atoms with Gasteiger partial charge in [-0.2, -0.15) is 0 Å². The van der Waals surface area contributed by atoms with Crippen molar-refractivity contribution in [1.82, 2.24) is 0 Å². The number of hydrogen-bond donors (Lipinski definition) is 0. The van der Waals surface area contributed by atoms with Gasteiger partial charge in [-0.1, -0.05) is 146 Å². The lowest BCUT2D eigenvalue weighted by atomic mass is 9.95. The molecule has 0 saturated carbocycles. The number of carbonyl (C=O) groups is 8. The topological polar surface area (TPSA) is 238 Å². The van der Waals surface area contributed by atoms with Crippen molar-refractivity contribution in [1.29, 1.82) is 0 Å². The van der Waals surface area contributed by atoms with E-state index in [0.717, 1.165) is 0 Å². The first kappa shape index (κ1) is 59.6. The normalized spacial score (nSPS) is 21.3. The molecule has 2 heterocycles. The molecule has 0 aromatic heterocycles. The number of ether oxygens (including phenoxy) is 11. The summed E-state index contributed by atoms with van der Waals surface area (Å²) in [5, 5.41) is 0. The molecule has 0 aliphatic carbocycles. The third kappa shape index (κ3) is 15.2. The van der Waals surface area contributed by atoms with Gasteiger partial charge >= 0.3 is 47.8 Å². The minimum atomic E-state index is -2.13. The van der Waals surface area contributed by atoms with Crippen molar-refractivity contribution in [3.63, 3.8) is 0 Å². The summed E-state index contributed by atoms with van der Waals surface area (Å²) in [5.41, 5.74) is 0.168. The zero-order valence-electron chi connectivity index (χ0n) is 46.0. The fourth-order valence-electron chi connectivity index (χ4n) is 9.42. The summed E-state index contributed by atoms with van der Waals surface area (Å²) >= 11 is 0. The number of benzene rings is 8. The van der Waals surface area contributed by atoms with Gasteiger partial charge in [0.25, 0.3) is 0 Å². The Balaban J connectivity index is 1.14. The number of rotatable bonds is 20. The first-order valence-electron chi connectivity index (χ1n) is 27.4. The Hall–Kier alpha value is -10.6. The van der Waals surface area contributed by atoms with Gasteiger partial charge in [0.2, 0.25) is 12.4 Å². The molecule has 19 nitrogen and oxygen atoms in total. The minimum absolute atomic E-state index is 0.00860. The van der Waals surface area contributed by atoms with Crippen LogP contribution in [0.15, 0.2) is 243 Å². The van der Waals surface area contributed by atoms with Crippen LogP contribution in [-0.2, 0) is 52.1 Å². The van der Waals surface area contributed by atoms with Crippen molar-refractivity contribution in [2.24, 2.45) is 0 Å². The molecule has 2 fully saturated rings. The van der Waals surface area contributed by atoms with E-state index < -0.39 is 122 Å². The molecule has 0 N–H and O–H groups in total. The fourth-order valence-corrected chi connectivity index (χ4v) is 9.42. The lowest BCUT2D eigenvalue weighted by Gasteiger charge is -2.48. The Bertz CT molecular complexity index is 3620. The van der Waals surface area contributed by atoms with Crippen LogP contribution in [0.4, 0.5) is 0 Å². The van der Waals surface area contributed by atoms with Crippen LogP contribution in [-0.4, -0.2) is 122 Å². The van der Waals surface area contributed by atoms with Gasteiger partial charge in [0, 0.05) is 0 Å². The van der Waals surface area contributed by atoms with Crippen molar-refractivity contribution in [3.05, 3.63) is 287 Å². The van der Waals surface area contributed by atoms with E-state index in [4.69, 9.17) is 52.1 Å². The van der Waals surface area contributed by atoms with Crippen LogP contribution >= 0.6 is 0 Å². The minimum Gasteiger partial charge on any atom is -0.459 e. The second-order valence-electron chi connectivity index (χ2n) is 19.6. The molecule has 10 rings (SSSR count). The summed E-state index contributed by atoms with van der Waals surface area (Å²) in [7, 11) is 0. The van der Waals surface area contributed by atoms with E-state index >= 15 is 0 Å². The Kier molecular flexibility index (Phi) is 19.7. The van der Waals surface area contributed by atoms with Crippen molar-refractivity contribution < 1.29 is 90.5 Å². The van der Waals surface area contributed by atoms with E-state index in [2.05, 4.69) is 0 Å². The first-order chi connectivity index (χ1) is 42.5. The quantitative estimate of drug-likeness (QED) is 0.0510. The Morgan fingerprint density at radius 1 is 0.241 bits per heavy atom. The molecule has 0 amide bonds. The zero-order chi connectivity index (χ0) is 60.5. The molecule has 19 heteroatoms. The highest BCUT2D eigenvalue weighted by Crippen LogP contribution is 2.37. The Morgan fingerprint density at radius 3 is 0.770 bits per heavy atom. The Labute approximate surface area is 498 Å². The molecule has 10 atom stereocenters. The molecule has 0 radical (unpaired) electrons. The molecule has 8 aromatic rings. The summed E-state index contributed by atoms with van der Waals surface area (Å²) in [6, 6.07) is 61.7. The Morgan fingerprint density at radius 2 is 0.460 bits per heavy atom. The van der Waals surface area contributed by atoms with E-state index in [-0.39, 0.29) is 44.5 Å². The lowest BCUT2D eigenvalue weighted by molar-refractivity contribution is -0.351. The second kappa shape index (κ2) is 28.8. The molecule has 0 unspecified atom stereocenters. The molecule has 2 saturated heterocycles. The smallest absolute Gasteiger partial charge is 0.340 e. The maximum atomic E-state index is 14.7. The molecule has 2 aliphatic heterocycles. The predicted octanol–water partition coefficient (Wildman–Crippen LogP) is 9.52. The fraction of sp³-hybridized carbons (Fsp3) is 0.176. The summed E-state index contributed by atoms with van der Waals surface area (Å²) in [5.74, 6) is -7.88. The van der Waals surface area contributed by atoms with Crippen LogP contribution < -0.4 is 0 Å². The maximum absolute atomic E-state index is 14.7. The van der Waals surface area contributed by atoms with E-state index in [0.29, 0.717) is 0 Å². The van der Waals surface area contributed by atoms with Crippen LogP contribution in [0.2, 0.25) is 0 Å². The number of carbonyl (C=O) groups excluding carboxylic acids is 8. The third-order valence-corrected chi connectivity index (χ3v) is 13.7. The van der Waals surface area contributed by atoms with Crippen LogP contribution in [0.1, 0.15) is 82.9 Å². The average Bonchev–Trinajstić information content (AvgIpc) is 3.65. The third-order valence-electron chi connectivity index (χ3n) is 13.7. The molecule has 440 valence electrons. The molecule has 2 aliphatic rings. The maximum Gasteiger partial charge on any atom is 0.340 e. The van der Waals surface area contributed by atoms with Gasteiger partial charge < -0.3 is 52.1 Å². The summed E-state index contributed by atoms with van der Waals surface area (Å²) in [6.07, 6.45) is -19.4. The predicted molar refractivity (Wildman–Crippen MR) is 306 cm³/mol. The number of esters is 8. The lowest BCUT2D eigenvalue weighted by Crippen LogP contribution is -2.67. The molecule has 8 aromatic carbocycles. The van der Waals surface area contributed by atoms with Gasteiger partial charge in [-0.25, -0.2) is 38.4 Å². The molecule has 0 spiro atoms. The van der Waals surface area contributed by atoms with Crippen molar-refractivity contribution in [3.8, 4) is 0 Å². The van der Waals surface area contributed by atoms with Gasteiger partial charge in [-0.3, -0.25) is 0 Å². The molecular weight excluding hydrogens is 1120 g/mol. The zero-order valence-corrected chi connectivity index (χ0v) is 46.0. The van der Waals surface area contributed by atoms with Gasteiger partial charge in [0.15, 0.2) is 30.7 Å². The monoisotopic (exact) mass is 1170 g/mol. The van der Waals surface area contributed by atoms with Gasteiger partial charge in [0.05, 0.1) is 44.5 Å². The van der Waals surface area contributed by atoms with Crippen LogP contribution in [0.5, 0.6) is 0 Å². The summed E-state index contributed by atoms with van der Waals surface area (Å²) < 4.78 is 69.7.